The molecule has 1 atom stereocenters. The molecule has 1 aromatic rings. The topological polar surface area (TPSA) is 24.5 Å². The number of nitrogens with one attached hydrogen (secondary N) is 1. The summed E-state index contributed by atoms with van der Waals surface area (Å²) < 4.78 is 5.40. The van der Waals surface area contributed by atoms with Crippen LogP contribution in [0.2, 0.25) is 0 Å². The van der Waals surface area contributed by atoms with Crippen molar-refractivity contribution in [2.24, 2.45) is 0 Å². The molecule has 0 aromatic heterocycles. The second kappa shape index (κ2) is 8.98. The van der Waals surface area contributed by atoms with Crippen LogP contribution in [0.25, 0.3) is 0 Å². The number of ether oxygens (including phenoxy) is 1. The highest BCUT2D eigenvalue weighted by atomic mass is 16.5. The molecule has 1 aromatic carbocycles. The van der Waals surface area contributed by atoms with E-state index >= 15 is 0 Å². The fourth-order valence-corrected chi connectivity index (χ4v) is 2.21. The highest BCUT2D eigenvalue weighted by Crippen LogP contribution is 2.18. The van der Waals surface area contributed by atoms with Crippen molar-refractivity contribution in [2.75, 3.05) is 27.2 Å². The van der Waals surface area contributed by atoms with Crippen LogP contribution in [0.5, 0.6) is 5.75 Å². The Labute approximate surface area is 124 Å². The Morgan fingerprint density at radius 2 is 1.90 bits per heavy atom. The summed E-state index contributed by atoms with van der Waals surface area (Å²) in [6, 6.07) is 9.35. The average Bonchev–Trinajstić information content (AvgIpc) is 2.43. The quantitative estimate of drug-likeness (QED) is 0.703. The van der Waals surface area contributed by atoms with E-state index in [0.717, 1.165) is 25.3 Å². The molecule has 0 fully saturated rings. The first-order valence-corrected chi connectivity index (χ1v) is 7.60. The molecule has 20 heavy (non-hydrogen) atoms. The third-order valence-electron chi connectivity index (χ3n) is 3.78. The maximum Gasteiger partial charge on any atom is 0.122 e. The lowest BCUT2D eigenvalue weighted by Gasteiger charge is -2.21. The second-order valence-corrected chi connectivity index (χ2v) is 5.80. The van der Waals surface area contributed by atoms with Gasteiger partial charge in [0.15, 0.2) is 0 Å². The van der Waals surface area contributed by atoms with Gasteiger partial charge in [-0.15, -0.1) is 0 Å². The molecule has 0 amide bonds. The van der Waals surface area contributed by atoms with Gasteiger partial charge < -0.3 is 15.0 Å². The summed E-state index contributed by atoms with van der Waals surface area (Å²) in [6.07, 6.45) is 2.19. The largest absolute Gasteiger partial charge is 0.496 e. The summed E-state index contributed by atoms with van der Waals surface area (Å²) in [5.41, 5.74) is 1.27. The Morgan fingerprint density at radius 3 is 2.55 bits per heavy atom. The van der Waals surface area contributed by atoms with Crippen molar-refractivity contribution in [1.82, 2.24) is 10.2 Å². The number of hydrogen-bond acceptors (Lipinski definition) is 3. The van der Waals surface area contributed by atoms with Gasteiger partial charge in [0.2, 0.25) is 0 Å². The van der Waals surface area contributed by atoms with Gasteiger partial charge in [-0.2, -0.15) is 0 Å². The molecule has 0 aliphatic heterocycles. The van der Waals surface area contributed by atoms with Gasteiger partial charge in [-0.25, -0.2) is 0 Å². The number of rotatable bonds is 9. The summed E-state index contributed by atoms with van der Waals surface area (Å²) >= 11 is 0. The number of hydrogen-bond donors (Lipinski definition) is 1. The van der Waals surface area contributed by atoms with Crippen molar-refractivity contribution in [3.05, 3.63) is 29.8 Å². The molecule has 0 radical (unpaired) electrons. The predicted octanol–water partition coefficient (Wildman–Crippen LogP) is 2.95. The Hall–Kier alpha value is -1.06. The van der Waals surface area contributed by atoms with E-state index in [1.54, 1.807) is 7.11 Å². The molecule has 3 nitrogen and oxygen atoms in total. The number of methoxy groups -OCH3 is 1. The minimum atomic E-state index is 0.468. The van der Waals surface area contributed by atoms with E-state index < -0.39 is 0 Å². The van der Waals surface area contributed by atoms with E-state index in [-0.39, 0.29) is 0 Å². The van der Waals surface area contributed by atoms with E-state index in [1.807, 2.05) is 12.1 Å². The van der Waals surface area contributed by atoms with Crippen molar-refractivity contribution < 1.29 is 4.74 Å². The van der Waals surface area contributed by atoms with Crippen LogP contribution in [0.15, 0.2) is 24.3 Å². The fraction of sp³-hybridized carbons (Fsp3) is 0.647. The lowest BCUT2D eigenvalue weighted by atomic mass is 10.1. The maximum atomic E-state index is 5.40. The predicted molar refractivity (Wildman–Crippen MR) is 86.5 cm³/mol. The molecule has 114 valence electrons. The van der Waals surface area contributed by atoms with Gasteiger partial charge >= 0.3 is 0 Å². The Morgan fingerprint density at radius 1 is 1.20 bits per heavy atom. The van der Waals surface area contributed by atoms with Crippen molar-refractivity contribution in [3.63, 3.8) is 0 Å². The van der Waals surface area contributed by atoms with Crippen LogP contribution < -0.4 is 10.1 Å². The van der Waals surface area contributed by atoms with Gasteiger partial charge in [-0.1, -0.05) is 18.2 Å². The van der Waals surface area contributed by atoms with Gasteiger partial charge in [0, 0.05) is 12.1 Å². The molecule has 0 bridgehead atoms. The van der Waals surface area contributed by atoms with E-state index in [1.165, 1.54) is 12.0 Å². The fourth-order valence-electron chi connectivity index (χ4n) is 2.21. The standard InChI is InChI=1S/C17H30N2O/c1-14(2)19(4)12-8-11-18-15(3)13-16-9-6-7-10-17(16)20-5/h6-7,9-10,14-15,18H,8,11-13H2,1-5H3. The van der Waals surface area contributed by atoms with Crippen LogP contribution in [-0.4, -0.2) is 44.2 Å². The minimum absolute atomic E-state index is 0.468. The average molecular weight is 278 g/mol. The zero-order chi connectivity index (χ0) is 15.0. The molecule has 0 spiro atoms. The maximum absolute atomic E-state index is 5.40. The first-order chi connectivity index (χ1) is 9.54. The Balaban J connectivity index is 2.28. The highest BCUT2D eigenvalue weighted by Gasteiger charge is 2.08. The Bertz CT molecular complexity index is 379. The Kier molecular flexibility index (Phi) is 7.63. The van der Waals surface area contributed by atoms with E-state index in [9.17, 15) is 0 Å². The molecule has 0 aliphatic rings. The zero-order valence-electron chi connectivity index (χ0n) is 13.6. The number of benzene rings is 1. The first-order valence-electron chi connectivity index (χ1n) is 7.60. The van der Waals surface area contributed by atoms with Crippen LogP contribution in [-0.2, 0) is 6.42 Å². The zero-order valence-corrected chi connectivity index (χ0v) is 13.6. The van der Waals surface area contributed by atoms with Crippen LogP contribution in [0, 0.1) is 0 Å². The van der Waals surface area contributed by atoms with E-state index in [0.29, 0.717) is 12.1 Å². The minimum Gasteiger partial charge on any atom is -0.496 e. The third-order valence-corrected chi connectivity index (χ3v) is 3.78. The number of nitrogens with zero attached hydrogens (tertiary/aromatic N) is 1. The smallest absolute Gasteiger partial charge is 0.122 e. The van der Waals surface area contributed by atoms with Gasteiger partial charge in [0.25, 0.3) is 0 Å². The highest BCUT2D eigenvalue weighted by molar-refractivity contribution is 5.33. The van der Waals surface area contributed by atoms with Crippen LogP contribution in [0.3, 0.4) is 0 Å². The van der Waals surface area contributed by atoms with Crippen LogP contribution >= 0.6 is 0 Å². The van der Waals surface area contributed by atoms with Gasteiger partial charge in [-0.3, -0.25) is 0 Å². The summed E-state index contributed by atoms with van der Waals surface area (Å²) in [6.45, 7) is 8.91. The first kappa shape index (κ1) is 17.0. The molecule has 0 aliphatic carbocycles. The molecular weight excluding hydrogens is 248 g/mol. The molecule has 1 rings (SSSR count). The number of para-hydroxylation sites is 1. The molecule has 0 saturated carbocycles. The third kappa shape index (κ3) is 5.93. The summed E-state index contributed by atoms with van der Waals surface area (Å²) in [4.78, 5) is 2.38. The SMILES string of the molecule is COc1ccccc1CC(C)NCCCN(C)C(C)C. The molecule has 1 N–H and O–H groups in total. The lowest BCUT2D eigenvalue weighted by Crippen LogP contribution is -2.33. The molecule has 1 unspecified atom stereocenters. The van der Waals surface area contributed by atoms with E-state index in [2.05, 4.69) is 50.2 Å². The summed E-state index contributed by atoms with van der Waals surface area (Å²) in [5, 5.41) is 3.59. The van der Waals surface area contributed by atoms with Crippen LogP contribution in [0.1, 0.15) is 32.8 Å². The molecule has 0 heterocycles. The van der Waals surface area contributed by atoms with Gasteiger partial charge in [0.05, 0.1) is 7.11 Å². The monoisotopic (exact) mass is 278 g/mol. The van der Waals surface area contributed by atoms with Gasteiger partial charge in [0.1, 0.15) is 5.75 Å². The lowest BCUT2D eigenvalue weighted by molar-refractivity contribution is 0.268. The molecular formula is C17H30N2O. The molecule has 3 heteroatoms. The van der Waals surface area contributed by atoms with Crippen molar-refractivity contribution in [3.8, 4) is 5.75 Å². The van der Waals surface area contributed by atoms with E-state index in [4.69, 9.17) is 4.74 Å². The normalized spacial score (nSPS) is 12.9. The summed E-state index contributed by atoms with van der Waals surface area (Å²) in [7, 11) is 3.92. The second-order valence-electron chi connectivity index (χ2n) is 5.80. The van der Waals surface area contributed by atoms with Crippen molar-refractivity contribution in [1.29, 1.82) is 0 Å². The van der Waals surface area contributed by atoms with Crippen LogP contribution in [0.4, 0.5) is 0 Å². The molecule has 0 saturated heterocycles. The van der Waals surface area contributed by atoms with Gasteiger partial charge in [-0.05, 0) is 65.4 Å². The van der Waals surface area contributed by atoms with Crippen molar-refractivity contribution >= 4 is 0 Å². The van der Waals surface area contributed by atoms with Crippen molar-refractivity contribution in [2.45, 2.75) is 45.7 Å². The summed E-state index contributed by atoms with van der Waals surface area (Å²) in [5.74, 6) is 0.987.